The highest BCUT2D eigenvalue weighted by Gasteiger charge is 2.37. The molecule has 0 N–H and O–H groups in total. The predicted molar refractivity (Wildman–Crippen MR) is 83.0 cm³/mol. The summed E-state index contributed by atoms with van der Waals surface area (Å²) < 4.78 is 35.1. The number of ether oxygens (including phenoxy) is 2. The second kappa shape index (κ2) is 6.36. The van der Waals surface area contributed by atoms with Crippen molar-refractivity contribution in [2.24, 2.45) is 0 Å². The highest BCUT2D eigenvalue weighted by atomic mass is 79.9. The molecule has 0 amide bonds. The maximum Gasteiger partial charge on any atom is 0.185 e. The molecular formula is C14H17BrO5S. The van der Waals surface area contributed by atoms with E-state index in [-0.39, 0.29) is 11.3 Å². The van der Waals surface area contributed by atoms with Gasteiger partial charge in [0.15, 0.2) is 15.6 Å². The lowest BCUT2D eigenvalue weighted by Crippen LogP contribution is -2.35. The smallest absolute Gasteiger partial charge is 0.185 e. The van der Waals surface area contributed by atoms with E-state index in [0.29, 0.717) is 28.8 Å². The maximum atomic E-state index is 12.7. The van der Waals surface area contributed by atoms with Gasteiger partial charge in [-0.05, 0) is 34.8 Å². The lowest BCUT2D eigenvalue weighted by molar-refractivity contribution is 0.0977. The highest BCUT2D eigenvalue weighted by molar-refractivity contribution is 9.10. The van der Waals surface area contributed by atoms with Gasteiger partial charge in [-0.1, -0.05) is 6.42 Å². The van der Waals surface area contributed by atoms with Crippen LogP contribution in [0, 0.1) is 0 Å². The Morgan fingerprint density at radius 3 is 2.52 bits per heavy atom. The van der Waals surface area contributed by atoms with Crippen molar-refractivity contribution in [3.63, 3.8) is 0 Å². The molecule has 0 saturated carbocycles. The summed E-state index contributed by atoms with van der Waals surface area (Å²) in [5.41, 5.74) is 0.258. The van der Waals surface area contributed by atoms with Gasteiger partial charge < -0.3 is 9.47 Å². The molecule has 5 nitrogen and oxygen atoms in total. The minimum absolute atomic E-state index is 0.0689. The molecule has 21 heavy (non-hydrogen) atoms. The molecule has 0 radical (unpaired) electrons. The zero-order valence-electron chi connectivity index (χ0n) is 11.9. The number of hydrogen-bond acceptors (Lipinski definition) is 5. The molecule has 1 aliphatic rings. The third-order valence-electron chi connectivity index (χ3n) is 3.60. The van der Waals surface area contributed by atoms with Crippen LogP contribution in [-0.2, 0) is 9.84 Å². The number of methoxy groups -OCH3 is 2. The van der Waals surface area contributed by atoms with Crippen molar-refractivity contribution >= 4 is 31.6 Å². The molecule has 2 rings (SSSR count). The largest absolute Gasteiger partial charge is 0.497 e. The van der Waals surface area contributed by atoms with Gasteiger partial charge in [0.1, 0.15) is 16.7 Å². The summed E-state index contributed by atoms with van der Waals surface area (Å²) in [6.07, 6.45) is 1.72. The first kappa shape index (κ1) is 16.3. The van der Waals surface area contributed by atoms with E-state index < -0.39 is 20.9 Å². The van der Waals surface area contributed by atoms with Crippen LogP contribution in [-0.4, -0.2) is 39.4 Å². The molecule has 1 aromatic carbocycles. The van der Waals surface area contributed by atoms with Crippen LogP contribution in [0.4, 0.5) is 0 Å². The fourth-order valence-corrected chi connectivity index (χ4v) is 4.96. The zero-order chi connectivity index (χ0) is 15.6. The molecule has 0 bridgehead atoms. The molecule has 1 heterocycles. The average molecular weight is 377 g/mol. The minimum Gasteiger partial charge on any atom is -0.497 e. The second-order valence-electron chi connectivity index (χ2n) is 4.90. The molecule has 1 saturated heterocycles. The Labute approximate surface area is 132 Å². The number of benzene rings is 1. The summed E-state index contributed by atoms with van der Waals surface area (Å²) in [6, 6.07) is 3.21. The number of carbonyl (C=O) groups excluding carboxylic acids is 1. The van der Waals surface area contributed by atoms with Crippen molar-refractivity contribution in [3.8, 4) is 11.5 Å². The number of rotatable bonds is 4. The average Bonchev–Trinajstić information content (AvgIpc) is 2.45. The van der Waals surface area contributed by atoms with Crippen LogP contribution in [0.1, 0.15) is 29.6 Å². The van der Waals surface area contributed by atoms with Crippen LogP contribution >= 0.6 is 15.9 Å². The highest BCUT2D eigenvalue weighted by Crippen LogP contribution is 2.35. The Morgan fingerprint density at radius 2 is 1.95 bits per heavy atom. The number of hydrogen-bond donors (Lipinski definition) is 0. The standard InChI is InChI=1S/C14H17BrO5S/c1-19-9-7-10(15)13(11(8-9)20-2)14(16)12-5-3-4-6-21(12,17)18/h7-8,12H,3-6H2,1-2H3. The van der Waals surface area contributed by atoms with Crippen LogP contribution in [0.3, 0.4) is 0 Å². The zero-order valence-corrected chi connectivity index (χ0v) is 14.3. The van der Waals surface area contributed by atoms with E-state index in [2.05, 4.69) is 15.9 Å². The topological polar surface area (TPSA) is 69.7 Å². The molecule has 0 aromatic heterocycles. The van der Waals surface area contributed by atoms with Gasteiger partial charge in [0.05, 0.1) is 25.5 Å². The summed E-state index contributed by atoms with van der Waals surface area (Å²) in [4.78, 5) is 12.7. The van der Waals surface area contributed by atoms with Gasteiger partial charge in [-0.2, -0.15) is 0 Å². The third kappa shape index (κ3) is 3.23. The summed E-state index contributed by atoms with van der Waals surface area (Å²) in [5, 5.41) is -0.982. The number of carbonyl (C=O) groups is 1. The van der Waals surface area contributed by atoms with Crippen LogP contribution in [0.25, 0.3) is 0 Å². The fraction of sp³-hybridized carbons (Fsp3) is 0.500. The lowest BCUT2D eigenvalue weighted by Gasteiger charge is -2.22. The van der Waals surface area contributed by atoms with Crippen LogP contribution in [0.5, 0.6) is 11.5 Å². The van der Waals surface area contributed by atoms with Crippen molar-refractivity contribution in [3.05, 3.63) is 22.2 Å². The molecule has 116 valence electrons. The van der Waals surface area contributed by atoms with E-state index in [4.69, 9.17) is 9.47 Å². The Bertz CT molecular complexity index is 654. The van der Waals surface area contributed by atoms with Gasteiger partial charge in [0.2, 0.25) is 0 Å². The first-order valence-corrected chi connectivity index (χ1v) is 9.09. The summed E-state index contributed by atoms with van der Waals surface area (Å²) in [5.74, 6) is 0.495. The summed E-state index contributed by atoms with van der Waals surface area (Å²) in [7, 11) is -0.439. The molecule has 1 aliphatic heterocycles. The number of halogens is 1. The van der Waals surface area contributed by atoms with Gasteiger partial charge in [0, 0.05) is 10.5 Å². The maximum absolute atomic E-state index is 12.7. The fourth-order valence-electron chi connectivity index (χ4n) is 2.49. The Balaban J connectivity index is 2.48. The number of ketones is 1. The first-order valence-electron chi connectivity index (χ1n) is 6.58. The van der Waals surface area contributed by atoms with E-state index in [9.17, 15) is 13.2 Å². The van der Waals surface area contributed by atoms with Crippen molar-refractivity contribution in [2.75, 3.05) is 20.0 Å². The van der Waals surface area contributed by atoms with Crippen LogP contribution in [0.2, 0.25) is 0 Å². The van der Waals surface area contributed by atoms with Crippen molar-refractivity contribution < 1.29 is 22.7 Å². The van der Waals surface area contributed by atoms with E-state index in [0.717, 1.165) is 6.42 Å². The minimum atomic E-state index is -3.39. The molecule has 1 aromatic rings. The first-order chi connectivity index (χ1) is 9.90. The second-order valence-corrected chi connectivity index (χ2v) is 8.06. The number of sulfone groups is 1. The van der Waals surface area contributed by atoms with E-state index in [1.165, 1.54) is 14.2 Å². The van der Waals surface area contributed by atoms with E-state index in [1.54, 1.807) is 12.1 Å². The van der Waals surface area contributed by atoms with Crippen molar-refractivity contribution in [2.45, 2.75) is 24.5 Å². The molecular weight excluding hydrogens is 360 g/mol. The molecule has 0 spiro atoms. The molecule has 1 fully saturated rings. The quantitative estimate of drug-likeness (QED) is 0.755. The van der Waals surface area contributed by atoms with Crippen molar-refractivity contribution in [1.29, 1.82) is 0 Å². The Morgan fingerprint density at radius 1 is 1.24 bits per heavy atom. The van der Waals surface area contributed by atoms with Gasteiger partial charge in [-0.15, -0.1) is 0 Å². The van der Waals surface area contributed by atoms with Crippen LogP contribution in [0.15, 0.2) is 16.6 Å². The molecule has 0 aliphatic carbocycles. The van der Waals surface area contributed by atoms with Gasteiger partial charge in [-0.3, -0.25) is 4.79 Å². The van der Waals surface area contributed by atoms with Crippen molar-refractivity contribution in [1.82, 2.24) is 0 Å². The van der Waals surface area contributed by atoms with Crippen LogP contribution < -0.4 is 9.47 Å². The summed E-state index contributed by atoms with van der Waals surface area (Å²) >= 11 is 3.31. The van der Waals surface area contributed by atoms with Gasteiger partial charge >= 0.3 is 0 Å². The Hall–Kier alpha value is -1.08. The predicted octanol–water partition coefficient (Wildman–Crippen LogP) is 2.62. The summed E-state index contributed by atoms with van der Waals surface area (Å²) in [6.45, 7) is 0. The third-order valence-corrected chi connectivity index (χ3v) is 6.40. The molecule has 1 atom stereocenters. The van der Waals surface area contributed by atoms with E-state index >= 15 is 0 Å². The Kier molecular flexibility index (Phi) is 4.93. The monoisotopic (exact) mass is 376 g/mol. The number of Topliss-reactive ketones (excluding diaryl/α,β-unsaturated/α-hetero) is 1. The molecule has 7 heteroatoms. The van der Waals surface area contributed by atoms with Gasteiger partial charge in [-0.25, -0.2) is 8.42 Å². The molecule has 1 unspecified atom stereocenters. The van der Waals surface area contributed by atoms with Gasteiger partial charge in [0.25, 0.3) is 0 Å². The SMILES string of the molecule is COc1cc(Br)c(C(=O)C2CCCCS2(=O)=O)c(OC)c1. The van der Waals surface area contributed by atoms with E-state index in [1.807, 2.05) is 0 Å². The normalized spacial score (nSPS) is 20.8. The lowest BCUT2D eigenvalue weighted by atomic mass is 10.0.